The molecule has 284 valence electrons. The lowest BCUT2D eigenvalue weighted by atomic mass is 10.1. The number of rotatable bonds is 15. The number of hydrogen-bond acceptors (Lipinski definition) is 6. The Morgan fingerprint density at radius 1 is 0.849 bits per heavy atom. The van der Waals surface area contributed by atoms with Crippen molar-refractivity contribution in [1.29, 1.82) is 0 Å². The number of unbranched alkanes of at least 4 members (excludes halogenated alkanes) is 4. The van der Waals surface area contributed by atoms with E-state index >= 15 is 0 Å². The first-order valence-corrected chi connectivity index (χ1v) is 18.4. The predicted octanol–water partition coefficient (Wildman–Crippen LogP) is 7.96. The van der Waals surface area contributed by atoms with Gasteiger partial charge in [-0.1, -0.05) is 12.8 Å². The SMILES string of the molecule is CCN(C(=O)c1cn(-c2cc(OC)cc(OC(=O)N(C)C)c2)c2cc(OCCCCCCC[N+]3(C)CCCCC3)ccc2c1=O)c1cc(F)cc(F)c1. The van der Waals surface area contributed by atoms with E-state index in [1.54, 1.807) is 62.0 Å². The van der Waals surface area contributed by atoms with Gasteiger partial charge in [-0.15, -0.1) is 0 Å². The van der Waals surface area contributed by atoms with Crippen molar-refractivity contribution in [2.24, 2.45) is 0 Å². The van der Waals surface area contributed by atoms with Gasteiger partial charge in [-0.2, -0.15) is 0 Å². The van der Waals surface area contributed by atoms with Crippen LogP contribution in [-0.2, 0) is 0 Å². The lowest BCUT2D eigenvalue weighted by Crippen LogP contribution is -2.48. The van der Waals surface area contributed by atoms with E-state index in [0.717, 1.165) is 36.3 Å². The number of anilines is 1. The molecular formula is C41H51F2N4O6+. The number of pyridine rings is 1. The van der Waals surface area contributed by atoms with E-state index in [0.29, 0.717) is 35.4 Å². The average molecular weight is 734 g/mol. The monoisotopic (exact) mass is 733 g/mol. The zero-order valence-corrected chi connectivity index (χ0v) is 31.5. The molecule has 5 rings (SSSR count). The Morgan fingerprint density at radius 3 is 2.21 bits per heavy atom. The van der Waals surface area contributed by atoms with E-state index < -0.39 is 29.1 Å². The van der Waals surface area contributed by atoms with Gasteiger partial charge in [-0.25, -0.2) is 13.6 Å². The molecule has 1 aliphatic rings. The Bertz CT molecular complexity index is 1950. The molecule has 10 nitrogen and oxygen atoms in total. The molecule has 1 saturated heterocycles. The molecular weight excluding hydrogens is 682 g/mol. The molecule has 2 heterocycles. The fourth-order valence-corrected chi connectivity index (χ4v) is 6.92. The molecule has 0 saturated carbocycles. The van der Waals surface area contributed by atoms with Gasteiger partial charge in [0.25, 0.3) is 5.91 Å². The van der Waals surface area contributed by atoms with Gasteiger partial charge in [0.05, 0.1) is 51.6 Å². The van der Waals surface area contributed by atoms with Crippen molar-refractivity contribution in [2.75, 3.05) is 65.9 Å². The Balaban J connectivity index is 1.43. The highest BCUT2D eigenvalue weighted by molar-refractivity contribution is 6.07. The summed E-state index contributed by atoms with van der Waals surface area (Å²) in [6, 6.07) is 12.6. The van der Waals surface area contributed by atoms with E-state index in [9.17, 15) is 23.2 Å². The smallest absolute Gasteiger partial charge is 0.414 e. The van der Waals surface area contributed by atoms with Crippen molar-refractivity contribution in [3.63, 3.8) is 0 Å². The standard InChI is InChI=1S/C41H51F2N4O6/c1-6-45(31-22-29(42)21-30(43)23-31)40(49)37-28-46(32-24-34(51-5)26-35(25-32)53-41(50)44(2)3)38-27-33(15-16-36(38)39(37)48)52-20-14-9-7-8-11-17-47(4)18-12-10-13-19-47/h15-16,21-28H,6-14,17-20H2,1-5H3/q+1. The minimum absolute atomic E-state index is 0.0262. The third kappa shape index (κ3) is 9.92. The molecule has 1 fully saturated rings. The van der Waals surface area contributed by atoms with Crippen LogP contribution in [0, 0.1) is 11.6 Å². The normalized spacial score (nSPS) is 13.8. The number of benzene rings is 3. The molecule has 1 aliphatic heterocycles. The maximum absolute atomic E-state index is 14.2. The van der Waals surface area contributed by atoms with Gasteiger partial charge in [-0.3, -0.25) is 9.59 Å². The largest absolute Gasteiger partial charge is 0.497 e. The minimum atomic E-state index is -0.853. The van der Waals surface area contributed by atoms with Crippen LogP contribution in [-0.4, -0.2) is 87.0 Å². The minimum Gasteiger partial charge on any atom is -0.497 e. The number of ether oxygens (including phenoxy) is 3. The van der Waals surface area contributed by atoms with Crippen LogP contribution >= 0.6 is 0 Å². The average Bonchev–Trinajstić information content (AvgIpc) is 3.12. The Hall–Kier alpha value is -4.97. The van der Waals surface area contributed by atoms with Gasteiger partial charge in [0.1, 0.15) is 34.4 Å². The molecule has 53 heavy (non-hydrogen) atoms. The van der Waals surface area contributed by atoms with E-state index in [1.807, 2.05) is 0 Å². The van der Waals surface area contributed by atoms with E-state index in [2.05, 4.69) is 7.05 Å². The summed E-state index contributed by atoms with van der Waals surface area (Å²) in [4.78, 5) is 42.9. The number of aromatic nitrogens is 1. The maximum Gasteiger partial charge on any atom is 0.414 e. The summed E-state index contributed by atoms with van der Waals surface area (Å²) in [6.45, 7) is 6.01. The maximum atomic E-state index is 14.2. The number of nitrogens with zero attached hydrogens (tertiary/aromatic N) is 4. The summed E-state index contributed by atoms with van der Waals surface area (Å²) in [5.74, 6) is -1.38. The van der Waals surface area contributed by atoms with Crippen molar-refractivity contribution < 1.29 is 37.1 Å². The van der Waals surface area contributed by atoms with Crippen molar-refractivity contribution in [2.45, 2.75) is 58.3 Å². The van der Waals surface area contributed by atoms with Crippen LogP contribution in [0.5, 0.6) is 17.2 Å². The van der Waals surface area contributed by atoms with Crippen LogP contribution in [0.4, 0.5) is 19.3 Å². The number of carbonyl (C=O) groups is 2. The summed E-state index contributed by atoms with van der Waals surface area (Å²) < 4.78 is 48.5. The van der Waals surface area contributed by atoms with Crippen LogP contribution < -0.4 is 24.5 Å². The van der Waals surface area contributed by atoms with Crippen molar-refractivity contribution in [3.8, 4) is 22.9 Å². The number of hydrogen-bond donors (Lipinski definition) is 0. The summed E-state index contributed by atoms with van der Waals surface area (Å²) in [5, 5.41) is 0.212. The molecule has 2 amide bonds. The predicted molar refractivity (Wildman–Crippen MR) is 203 cm³/mol. The second-order valence-electron chi connectivity index (χ2n) is 14.2. The molecule has 0 N–H and O–H groups in total. The van der Waals surface area contributed by atoms with E-state index in [4.69, 9.17) is 14.2 Å². The fourth-order valence-electron chi connectivity index (χ4n) is 6.92. The first kappa shape index (κ1) is 39.2. The van der Waals surface area contributed by atoms with Crippen molar-refractivity contribution in [1.82, 2.24) is 9.47 Å². The number of carbonyl (C=O) groups excluding carboxylic acids is 2. The van der Waals surface area contributed by atoms with Crippen LogP contribution in [0.15, 0.2) is 65.6 Å². The highest BCUT2D eigenvalue weighted by Gasteiger charge is 2.25. The molecule has 1 aromatic heterocycles. The lowest BCUT2D eigenvalue weighted by Gasteiger charge is -2.37. The first-order valence-electron chi connectivity index (χ1n) is 18.4. The van der Waals surface area contributed by atoms with Gasteiger partial charge >= 0.3 is 6.09 Å². The molecule has 12 heteroatoms. The number of methoxy groups -OCH3 is 1. The number of likely N-dealkylation sites (tertiary alicyclic amines) is 1. The number of piperidine rings is 1. The molecule has 4 aromatic rings. The van der Waals surface area contributed by atoms with Crippen LogP contribution in [0.1, 0.15) is 68.6 Å². The number of amides is 2. The number of fused-ring (bicyclic) bond motifs is 1. The summed E-state index contributed by atoms with van der Waals surface area (Å²) in [6.07, 6.45) is 10.3. The zero-order valence-electron chi connectivity index (χ0n) is 31.5. The van der Waals surface area contributed by atoms with Crippen molar-refractivity contribution >= 4 is 28.6 Å². The highest BCUT2D eigenvalue weighted by Crippen LogP contribution is 2.30. The Morgan fingerprint density at radius 2 is 1.53 bits per heavy atom. The molecule has 0 aliphatic carbocycles. The summed E-state index contributed by atoms with van der Waals surface area (Å²) in [7, 11) is 6.96. The second kappa shape index (κ2) is 17.7. The highest BCUT2D eigenvalue weighted by atomic mass is 19.1. The van der Waals surface area contributed by atoms with Gasteiger partial charge in [-0.05, 0) is 69.7 Å². The molecule has 0 bridgehead atoms. The second-order valence-corrected chi connectivity index (χ2v) is 14.2. The summed E-state index contributed by atoms with van der Waals surface area (Å²) in [5.41, 5.74) is 0.0235. The molecule has 0 atom stereocenters. The lowest BCUT2D eigenvalue weighted by molar-refractivity contribution is -0.914. The van der Waals surface area contributed by atoms with Crippen LogP contribution in [0.2, 0.25) is 0 Å². The van der Waals surface area contributed by atoms with Crippen LogP contribution in [0.25, 0.3) is 16.6 Å². The first-order chi connectivity index (χ1) is 25.4. The molecule has 0 radical (unpaired) electrons. The number of halogens is 2. The van der Waals surface area contributed by atoms with Gasteiger partial charge in [0.15, 0.2) is 0 Å². The fraction of sp³-hybridized carbons (Fsp3) is 0.439. The van der Waals surface area contributed by atoms with Gasteiger partial charge in [0, 0.05) is 68.2 Å². The molecule has 0 unspecified atom stereocenters. The topological polar surface area (TPSA) is 90.3 Å². The van der Waals surface area contributed by atoms with E-state index in [1.165, 1.54) is 74.4 Å². The summed E-state index contributed by atoms with van der Waals surface area (Å²) >= 11 is 0. The third-order valence-corrected chi connectivity index (χ3v) is 9.88. The van der Waals surface area contributed by atoms with Crippen molar-refractivity contribution in [3.05, 3.63) is 88.2 Å². The zero-order chi connectivity index (χ0) is 38.1. The quantitative estimate of drug-likeness (QED) is 0.0910. The number of quaternary nitrogens is 1. The van der Waals surface area contributed by atoms with Gasteiger partial charge in [0.2, 0.25) is 5.43 Å². The molecule has 3 aromatic carbocycles. The Labute approximate surface area is 310 Å². The third-order valence-electron chi connectivity index (χ3n) is 9.88. The van der Waals surface area contributed by atoms with Gasteiger partial charge < -0.3 is 33.1 Å². The van der Waals surface area contributed by atoms with E-state index in [-0.39, 0.29) is 28.9 Å². The van der Waals surface area contributed by atoms with Crippen LogP contribution in [0.3, 0.4) is 0 Å². The molecule has 0 spiro atoms. The Kier molecular flexibility index (Phi) is 13.1.